The normalized spacial score (nSPS) is 11.6. The van der Waals surface area contributed by atoms with E-state index in [0.717, 1.165) is 16.6 Å². The molecule has 43 heavy (non-hydrogen) atoms. The van der Waals surface area contributed by atoms with E-state index in [4.69, 9.17) is 26.1 Å². The standard InChI is InChI=1S/C34H33ClN4O4/c1-38(2)18-19-39(34(41)23-10-17-29(42-3)30(20-23)43-4)26-14-12-25(13-15-26)36-32(22-8-6-5-7-9-22)31-27-16-11-24(35)21-28(27)37-33(31)40/h5-17,20-21,37,40H,18-19H2,1-4H3. The number of aromatic amines is 1. The number of rotatable bonds is 10. The van der Waals surface area contributed by atoms with Crippen LogP contribution in [0.3, 0.4) is 0 Å². The number of aromatic nitrogens is 1. The number of fused-ring (bicyclic) bond motifs is 1. The highest BCUT2D eigenvalue weighted by atomic mass is 35.5. The first kappa shape index (κ1) is 29.7. The number of ether oxygens (including phenoxy) is 2. The van der Waals surface area contributed by atoms with Crippen molar-refractivity contribution in [1.82, 2.24) is 9.88 Å². The summed E-state index contributed by atoms with van der Waals surface area (Å²) in [5.41, 5.74) is 4.62. The largest absolute Gasteiger partial charge is 0.494 e. The first-order chi connectivity index (χ1) is 20.8. The lowest BCUT2D eigenvalue weighted by atomic mass is 10.0. The second-order valence-corrected chi connectivity index (χ2v) is 10.6. The molecule has 0 saturated heterocycles. The molecule has 0 spiro atoms. The number of hydrogen-bond donors (Lipinski definition) is 2. The van der Waals surface area contributed by atoms with Gasteiger partial charge in [0.2, 0.25) is 0 Å². The Labute approximate surface area is 255 Å². The predicted molar refractivity (Wildman–Crippen MR) is 173 cm³/mol. The van der Waals surface area contributed by atoms with Gasteiger partial charge in [0.05, 0.1) is 36.7 Å². The number of nitrogens with zero attached hydrogens (tertiary/aromatic N) is 3. The SMILES string of the molecule is COc1ccc(C(=O)N(CCN(C)C)c2ccc(N=C(c3ccccc3)c3c(O)[nH]c4cc(Cl)ccc34)cc2)cc1OC. The molecule has 0 aliphatic rings. The highest BCUT2D eigenvalue weighted by Gasteiger charge is 2.21. The van der Waals surface area contributed by atoms with Crippen molar-refractivity contribution in [2.45, 2.75) is 0 Å². The molecule has 0 aliphatic heterocycles. The van der Waals surface area contributed by atoms with Crippen molar-refractivity contribution in [3.8, 4) is 17.4 Å². The number of amides is 1. The van der Waals surface area contributed by atoms with Crippen molar-refractivity contribution in [3.63, 3.8) is 0 Å². The van der Waals surface area contributed by atoms with Gasteiger partial charge in [-0.1, -0.05) is 48.0 Å². The topological polar surface area (TPSA) is 90.4 Å². The van der Waals surface area contributed by atoms with Crippen LogP contribution in [-0.2, 0) is 0 Å². The van der Waals surface area contributed by atoms with Gasteiger partial charge in [-0.25, -0.2) is 4.99 Å². The summed E-state index contributed by atoms with van der Waals surface area (Å²) >= 11 is 6.20. The van der Waals surface area contributed by atoms with Crippen LogP contribution < -0.4 is 14.4 Å². The summed E-state index contributed by atoms with van der Waals surface area (Å²) in [7, 11) is 7.04. The maximum atomic E-state index is 13.8. The number of halogens is 1. The predicted octanol–water partition coefficient (Wildman–Crippen LogP) is 6.92. The number of hydrogen-bond acceptors (Lipinski definition) is 6. The Morgan fingerprint density at radius 2 is 1.58 bits per heavy atom. The summed E-state index contributed by atoms with van der Waals surface area (Å²) in [6.45, 7) is 1.14. The summed E-state index contributed by atoms with van der Waals surface area (Å²) in [6, 6.07) is 27.8. The van der Waals surface area contributed by atoms with Crippen molar-refractivity contribution in [1.29, 1.82) is 0 Å². The molecule has 1 heterocycles. The van der Waals surface area contributed by atoms with Crippen molar-refractivity contribution in [2.75, 3.05) is 46.3 Å². The van der Waals surface area contributed by atoms with Crippen LogP contribution in [-0.4, -0.2) is 68.0 Å². The van der Waals surface area contributed by atoms with E-state index < -0.39 is 0 Å². The van der Waals surface area contributed by atoms with Gasteiger partial charge in [-0.05, 0) is 68.7 Å². The minimum atomic E-state index is -0.161. The van der Waals surface area contributed by atoms with Gasteiger partial charge in [0, 0.05) is 40.3 Å². The smallest absolute Gasteiger partial charge is 0.258 e. The van der Waals surface area contributed by atoms with Gasteiger partial charge in [0.1, 0.15) is 0 Å². The first-order valence-corrected chi connectivity index (χ1v) is 14.1. The van der Waals surface area contributed by atoms with Crippen LogP contribution in [0.2, 0.25) is 5.02 Å². The van der Waals surface area contributed by atoms with E-state index in [1.807, 2.05) is 79.7 Å². The molecular weight excluding hydrogens is 564 g/mol. The molecule has 1 aromatic heterocycles. The molecule has 0 saturated carbocycles. The van der Waals surface area contributed by atoms with Gasteiger partial charge in [-0.3, -0.25) is 4.79 Å². The zero-order valence-corrected chi connectivity index (χ0v) is 25.2. The molecule has 5 rings (SSSR count). The summed E-state index contributed by atoms with van der Waals surface area (Å²) in [5.74, 6) is 0.889. The molecular formula is C34H33ClN4O4. The van der Waals surface area contributed by atoms with Crippen LogP contribution in [0, 0.1) is 0 Å². The van der Waals surface area contributed by atoms with Crippen LogP contribution in [0.4, 0.5) is 11.4 Å². The number of benzene rings is 4. The fourth-order valence-electron chi connectivity index (χ4n) is 4.87. The number of aliphatic imine (C=N–C) groups is 1. The minimum absolute atomic E-state index is 0.00636. The Morgan fingerprint density at radius 1 is 0.860 bits per heavy atom. The number of H-pyrrole nitrogens is 1. The van der Waals surface area contributed by atoms with E-state index in [9.17, 15) is 9.90 Å². The van der Waals surface area contributed by atoms with Gasteiger partial charge in [-0.2, -0.15) is 0 Å². The molecule has 4 aromatic carbocycles. The van der Waals surface area contributed by atoms with E-state index >= 15 is 0 Å². The second-order valence-electron chi connectivity index (χ2n) is 10.2. The van der Waals surface area contributed by atoms with Crippen LogP contribution in [0.1, 0.15) is 21.5 Å². The molecule has 0 aliphatic carbocycles. The fourth-order valence-corrected chi connectivity index (χ4v) is 5.04. The lowest BCUT2D eigenvalue weighted by molar-refractivity contribution is 0.0984. The number of aromatic hydroxyl groups is 1. The van der Waals surface area contributed by atoms with Crippen molar-refractivity contribution < 1.29 is 19.4 Å². The van der Waals surface area contributed by atoms with E-state index in [1.165, 1.54) is 0 Å². The van der Waals surface area contributed by atoms with Gasteiger partial charge < -0.3 is 29.4 Å². The molecule has 0 radical (unpaired) electrons. The summed E-state index contributed by atoms with van der Waals surface area (Å²) in [5, 5.41) is 12.3. The van der Waals surface area contributed by atoms with Crippen molar-refractivity contribution in [3.05, 3.63) is 113 Å². The van der Waals surface area contributed by atoms with Crippen LogP contribution in [0.15, 0.2) is 96.0 Å². The van der Waals surface area contributed by atoms with E-state index in [1.54, 1.807) is 49.5 Å². The minimum Gasteiger partial charge on any atom is -0.494 e. The highest BCUT2D eigenvalue weighted by molar-refractivity contribution is 6.31. The zero-order valence-electron chi connectivity index (χ0n) is 24.5. The zero-order chi connectivity index (χ0) is 30.5. The number of likely N-dealkylation sites (N-methyl/N-ethyl adjacent to an activating group) is 1. The molecule has 0 unspecified atom stereocenters. The Kier molecular flexibility index (Phi) is 8.99. The quantitative estimate of drug-likeness (QED) is 0.171. The number of nitrogens with one attached hydrogen (secondary N) is 1. The summed E-state index contributed by atoms with van der Waals surface area (Å²) < 4.78 is 10.8. The molecule has 220 valence electrons. The third-order valence-corrected chi connectivity index (χ3v) is 7.31. The average Bonchev–Trinajstić information content (AvgIpc) is 3.34. The maximum absolute atomic E-state index is 13.8. The van der Waals surface area contributed by atoms with Crippen molar-refractivity contribution >= 4 is 45.5 Å². The third-order valence-electron chi connectivity index (χ3n) is 7.07. The van der Waals surface area contributed by atoms with Gasteiger partial charge in [-0.15, -0.1) is 0 Å². The number of methoxy groups -OCH3 is 2. The lowest BCUT2D eigenvalue weighted by Gasteiger charge is -2.25. The van der Waals surface area contributed by atoms with E-state index in [2.05, 4.69) is 4.98 Å². The lowest BCUT2D eigenvalue weighted by Crippen LogP contribution is -2.36. The number of anilines is 1. The second kappa shape index (κ2) is 13.0. The van der Waals surface area contributed by atoms with E-state index in [0.29, 0.717) is 57.7 Å². The maximum Gasteiger partial charge on any atom is 0.258 e. The summed E-state index contributed by atoms with van der Waals surface area (Å²) in [4.78, 5) is 25.5. The Hall–Kier alpha value is -4.79. The Morgan fingerprint density at radius 3 is 2.26 bits per heavy atom. The highest BCUT2D eigenvalue weighted by Crippen LogP contribution is 2.34. The number of carbonyl (C=O) groups excluding carboxylic acids is 1. The van der Waals surface area contributed by atoms with Crippen LogP contribution in [0.5, 0.6) is 17.4 Å². The first-order valence-electron chi connectivity index (χ1n) is 13.7. The number of carbonyl (C=O) groups is 1. The van der Waals surface area contributed by atoms with E-state index in [-0.39, 0.29) is 11.8 Å². The van der Waals surface area contributed by atoms with Crippen molar-refractivity contribution in [2.24, 2.45) is 4.99 Å². The van der Waals surface area contributed by atoms with Crippen LogP contribution >= 0.6 is 11.6 Å². The molecule has 0 atom stereocenters. The molecule has 8 nitrogen and oxygen atoms in total. The molecule has 5 aromatic rings. The molecule has 2 N–H and O–H groups in total. The third kappa shape index (κ3) is 6.51. The molecule has 1 amide bonds. The van der Waals surface area contributed by atoms with Gasteiger partial charge in [0.25, 0.3) is 5.91 Å². The van der Waals surface area contributed by atoms with Crippen LogP contribution in [0.25, 0.3) is 10.9 Å². The molecule has 0 bridgehead atoms. The molecule has 9 heteroatoms. The van der Waals surface area contributed by atoms with Gasteiger partial charge in [0.15, 0.2) is 17.4 Å². The van der Waals surface area contributed by atoms with Gasteiger partial charge >= 0.3 is 0 Å². The molecule has 0 fully saturated rings. The monoisotopic (exact) mass is 596 g/mol. The average molecular weight is 597 g/mol. The summed E-state index contributed by atoms with van der Waals surface area (Å²) in [6.07, 6.45) is 0. The Bertz CT molecular complexity index is 1770. The fraction of sp³-hybridized carbons (Fsp3) is 0.176. The Balaban J connectivity index is 1.54.